The molecular weight excluding hydrogens is 500 g/mol. The van der Waals surface area contributed by atoms with Gasteiger partial charge in [-0.15, -0.1) is 0 Å². The molecule has 9 heteroatoms. The van der Waals surface area contributed by atoms with Crippen LogP contribution < -0.4 is 10.1 Å². The zero-order valence-corrected chi connectivity index (χ0v) is 20.8. The topological polar surface area (TPSA) is 71.5 Å². The number of carbonyl (C=O) groups is 1. The molecule has 1 unspecified atom stereocenters. The quantitative estimate of drug-likeness (QED) is 0.414. The van der Waals surface area contributed by atoms with Gasteiger partial charge in [-0.2, -0.15) is 13.2 Å². The number of nitrogens with zero attached hydrogens (tertiary/aromatic N) is 1. The highest BCUT2D eigenvalue weighted by atomic mass is 19.4. The SMILES string of the molecule is CC1(C)CNC(c2ccccc2C(F)(F)F)c2cc(COc3cc4c(cn3)[C@H]3[C@@H](C4)[C@@H]3C(=O)O)c(F)cc21. The van der Waals surface area contributed by atoms with Gasteiger partial charge in [-0.3, -0.25) is 4.79 Å². The number of carboxylic acid groups (broad SMARTS) is 1. The Hall–Kier alpha value is -3.46. The summed E-state index contributed by atoms with van der Waals surface area (Å²) in [6.45, 7) is 4.09. The molecule has 0 saturated heterocycles. The molecule has 1 saturated carbocycles. The first-order chi connectivity index (χ1) is 18.0. The van der Waals surface area contributed by atoms with E-state index in [0.29, 0.717) is 30.0 Å². The first kappa shape index (κ1) is 24.9. The van der Waals surface area contributed by atoms with Crippen molar-refractivity contribution in [2.24, 2.45) is 11.8 Å². The van der Waals surface area contributed by atoms with Gasteiger partial charge in [0.1, 0.15) is 12.4 Å². The van der Waals surface area contributed by atoms with E-state index >= 15 is 4.39 Å². The fourth-order valence-electron chi connectivity index (χ4n) is 6.26. The van der Waals surface area contributed by atoms with Crippen LogP contribution in [0.5, 0.6) is 5.88 Å². The molecule has 2 aromatic carbocycles. The molecule has 3 aliphatic rings. The number of benzene rings is 2. The van der Waals surface area contributed by atoms with E-state index in [2.05, 4.69) is 10.3 Å². The molecule has 1 aromatic heterocycles. The summed E-state index contributed by atoms with van der Waals surface area (Å²) in [4.78, 5) is 15.6. The van der Waals surface area contributed by atoms with E-state index in [1.165, 1.54) is 18.2 Å². The standard InChI is InChI=1S/C29H26F4N2O3/c1-28(2)13-35-26(16-5-3-4-6-20(16)29(31,32)33)17-8-15(22(30)10-21(17)28)12-38-23-9-14-7-18-24(19(14)11-34-23)25(18)27(36)37/h3-6,8-11,18,24-26,35H,7,12-13H2,1-2H3,(H,36,37)/t18-,24-,25+,26?/m1/s1. The lowest BCUT2D eigenvalue weighted by molar-refractivity contribution is -0.139. The number of rotatable bonds is 5. The van der Waals surface area contributed by atoms with Gasteiger partial charge in [0.05, 0.1) is 17.5 Å². The Bertz CT molecular complexity index is 1450. The molecular formula is C29H26F4N2O3. The average molecular weight is 527 g/mol. The van der Waals surface area contributed by atoms with Crippen LogP contribution in [0.25, 0.3) is 0 Å². The van der Waals surface area contributed by atoms with Crippen molar-refractivity contribution in [3.63, 3.8) is 0 Å². The fraction of sp³-hybridized carbons (Fsp3) is 0.379. The third-order valence-corrected chi connectivity index (χ3v) is 8.23. The molecule has 6 rings (SSSR count). The normalized spacial score (nSPS) is 24.8. The van der Waals surface area contributed by atoms with Crippen LogP contribution in [0.2, 0.25) is 0 Å². The Balaban J connectivity index is 1.30. The number of hydrogen-bond acceptors (Lipinski definition) is 4. The Morgan fingerprint density at radius 1 is 1.16 bits per heavy atom. The zero-order chi connectivity index (χ0) is 27.0. The van der Waals surface area contributed by atoms with Gasteiger partial charge in [0.15, 0.2) is 0 Å². The molecule has 0 spiro atoms. The van der Waals surface area contributed by atoms with E-state index in [0.717, 1.165) is 17.2 Å². The molecule has 2 heterocycles. The second kappa shape index (κ2) is 8.53. The molecule has 0 radical (unpaired) electrons. The van der Waals surface area contributed by atoms with E-state index < -0.39 is 35.0 Å². The summed E-state index contributed by atoms with van der Waals surface area (Å²) in [7, 11) is 0. The minimum Gasteiger partial charge on any atom is -0.481 e. The van der Waals surface area contributed by atoms with Crippen LogP contribution in [0, 0.1) is 17.7 Å². The van der Waals surface area contributed by atoms with E-state index in [1.54, 1.807) is 24.4 Å². The number of halogens is 4. The molecule has 3 aromatic rings. The average Bonchev–Trinajstić information content (AvgIpc) is 3.45. The van der Waals surface area contributed by atoms with Crippen LogP contribution in [-0.4, -0.2) is 22.6 Å². The molecule has 0 bridgehead atoms. The summed E-state index contributed by atoms with van der Waals surface area (Å²) in [5.41, 5.74) is 2.24. The second-order valence-electron chi connectivity index (χ2n) is 11.1. The molecule has 38 heavy (non-hydrogen) atoms. The summed E-state index contributed by atoms with van der Waals surface area (Å²) in [5.74, 6) is -1.25. The maximum Gasteiger partial charge on any atom is 0.416 e. The number of ether oxygens (including phenoxy) is 1. The first-order valence-corrected chi connectivity index (χ1v) is 12.5. The minimum atomic E-state index is -4.53. The number of alkyl halides is 3. The van der Waals surface area contributed by atoms with Crippen LogP contribution in [0.15, 0.2) is 48.7 Å². The van der Waals surface area contributed by atoms with Crippen molar-refractivity contribution in [3.05, 3.63) is 93.4 Å². The van der Waals surface area contributed by atoms with Crippen LogP contribution in [-0.2, 0) is 29.4 Å². The predicted octanol–water partition coefficient (Wildman–Crippen LogP) is 5.76. The Morgan fingerprint density at radius 2 is 1.92 bits per heavy atom. The lowest BCUT2D eigenvalue weighted by atomic mass is 9.74. The van der Waals surface area contributed by atoms with Crippen LogP contribution in [0.4, 0.5) is 17.6 Å². The first-order valence-electron chi connectivity index (χ1n) is 12.5. The molecule has 5 nitrogen and oxygen atoms in total. The summed E-state index contributed by atoms with van der Waals surface area (Å²) >= 11 is 0. The highest BCUT2D eigenvalue weighted by Crippen LogP contribution is 2.61. The maximum atomic E-state index is 15.3. The van der Waals surface area contributed by atoms with Gasteiger partial charge in [0, 0.05) is 35.7 Å². The third-order valence-electron chi connectivity index (χ3n) is 8.23. The minimum absolute atomic E-state index is 0.00509. The highest BCUT2D eigenvalue weighted by Gasteiger charge is 2.60. The van der Waals surface area contributed by atoms with E-state index in [9.17, 15) is 23.1 Å². The van der Waals surface area contributed by atoms with Crippen molar-refractivity contribution < 1.29 is 32.2 Å². The summed E-state index contributed by atoms with van der Waals surface area (Å²) in [6, 6.07) is 9.46. The molecule has 1 aliphatic heterocycles. The molecule has 198 valence electrons. The fourth-order valence-corrected chi connectivity index (χ4v) is 6.26. The van der Waals surface area contributed by atoms with Gasteiger partial charge in [-0.05, 0) is 58.4 Å². The number of nitrogens with one attached hydrogen (secondary N) is 1. The monoisotopic (exact) mass is 526 g/mol. The second-order valence-corrected chi connectivity index (χ2v) is 11.1. The van der Waals surface area contributed by atoms with Crippen molar-refractivity contribution in [1.82, 2.24) is 10.3 Å². The highest BCUT2D eigenvalue weighted by molar-refractivity contribution is 5.77. The van der Waals surface area contributed by atoms with Crippen molar-refractivity contribution in [2.45, 2.75) is 50.4 Å². The summed E-state index contributed by atoms with van der Waals surface area (Å²) in [5, 5.41) is 12.5. The summed E-state index contributed by atoms with van der Waals surface area (Å²) in [6.07, 6.45) is -2.25. The zero-order valence-electron chi connectivity index (χ0n) is 20.8. The van der Waals surface area contributed by atoms with Gasteiger partial charge in [-0.1, -0.05) is 32.0 Å². The van der Waals surface area contributed by atoms with Gasteiger partial charge in [0.25, 0.3) is 0 Å². The largest absolute Gasteiger partial charge is 0.481 e. The number of carboxylic acids is 1. The third kappa shape index (κ3) is 4.04. The van der Waals surface area contributed by atoms with E-state index in [-0.39, 0.29) is 35.5 Å². The van der Waals surface area contributed by atoms with Gasteiger partial charge in [-0.25, -0.2) is 9.37 Å². The molecule has 4 atom stereocenters. The smallest absolute Gasteiger partial charge is 0.416 e. The molecule has 1 fully saturated rings. The maximum absolute atomic E-state index is 15.3. The van der Waals surface area contributed by atoms with Gasteiger partial charge in [0.2, 0.25) is 5.88 Å². The predicted molar refractivity (Wildman–Crippen MR) is 130 cm³/mol. The van der Waals surface area contributed by atoms with E-state index in [1.807, 2.05) is 13.8 Å². The van der Waals surface area contributed by atoms with Crippen molar-refractivity contribution in [3.8, 4) is 5.88 Å². The van der Waals surface area contributed by atoms with Crippen molar-refractivity contribution in [2.75, 3.05) is 6.54 Å². The Labute approximate surface area is 216 Å². The molecule has 2 N–H and O–H groups in total. The Kier molecular flexibility index (Phi) is 5.58. The summed E-state index contributed by atoms with van der Waals surface area (Å²) < 4.78 is 62.5. The van der Waals surface area contributed by atoms with Crippen LogP contribution in [0.1, 0.15) is 64.8 Å². The lowest BCUT2D eigenvalue weighted by Gasteiger charge is -2.39. The number of hydrogen-bond donors (Lipinski definition) is 2. The van der Waals surface area contributed by atoms with E-state index in [4.69, 9.17) is 4.74 Å². The lowest BCUT2D eigenvalue weighted by Crippen LogP contribution is -2.43. The van der Waals surface area contributed by atoms with Gasteiger partial charge < -0.3 is 15.2 Å². The Morgan fingerprint density at radius 3 is 2.66 bits per heavy atom. The van der Waals surface area contributed by atoms with Crippen LogP contribution >= 0.6 is 0 Å². The number of aliphatic carboxylic acids is 1. The number of pyridine rings is 1. The van der Waals surface area contributed by atoms with Crippen molar-refractivity contribution in [1.29, 1.82) is 0 Å². The molecule has 0 amide bonds. The molecule has 2 aliphatic carbocycles. The number of fused-ring (bicyclic) bond motifs is 4. The number of aromatic nitrogens is 1. The van der Waals surface area contributed by atoms with Crippen LogP contribution in [0.3, 0.4) is 0 Å². The van der Waals surface area contributed by atoms with Crippen molar-refractivity contribution >= 4 is 5.97 Å². The van der Waals surface area contributed by atoms with Gasteiger partial charge >= 0.3 is 12.1 Å².